The van der Waals surface area contributed by atoms with Crippen molar-refractivity contribution in [2.75, 3.05) is 18.4 Å². The average Bonchev–Trinajstić information content (AvgIpc) is 3.19. The van der Waals surface area contributed by atoms with Gasteiger partial charge in [-0.15, -0.1) is 0 Å². The quantitative estimate of drug-likeness (QED) is 0.606. The molecule has 0 atom stereocenters. The predicted octanol–water partition coefficient (Wildman–Crippen LogP) is 4.66. The van der Waals surface area contributed by atoms with Crippen LogP contribution in [0.3, 0.4) is 0 Å². The highest BCUT2D eigenvalue weighted by Crippen LogP contribution is 2.22. The number of anilines is 1. The van der Waals surface area contributed by atoms with Gasteiger partial charge in [-0.05, 0) is 57.1 Å². The lowest BCUT2D eigenvalue weighted by Gasteiger charge is -2.30. The fourth-order valence-corrected chi connectivity index (χ4v) is 3.73. The van der Waals surface area contributed by atoms with E-state index in [1.54, 1.807) is 0 Å². The van der Waals surface area contributed by atoms with Crippen molar-refractivity contribution >= 4 is 27.5 Å². The van der Waals surface area contributed by atoms with Crippen molar-refractivity contribution < 1.29 is 9.32 Å². The molecule has 3 aromatic rings. The molecule has 2 aromatic carbocycles. The Hall–Kier alpha value is -2.51. The Labute approximate surface area is 178 Å². The summed E-state index contributed by atoms with van der Waals surface area (Å²) in [6, 6.07) is 15.7. The van der Waals surface area contributed by atoms with E-state index in [9.17, 15) is 4.79 Å². The largest absolute Gasteiger partial charge is 0.338 e. The molecule has 0 radical (unpaired) electrons. The molecule has 150 valence electrons. The highest BCUT2D eigenvalue weighted by Gasteiger charge is 2.26. The van der Waals surface area contributed by atoms with Crippen LogP contribution in [0.15, 0.2) is 57.5 Å². The summed E-state index contributed by atoms with van der Waals surface area (Å²) in [7, 11) is 0. The zero-order chi connectivity index (χ0) is 20.2. The first-order valence-electron chi connectivity index (χ1n) is 9.75. The number of hydrogen-bond donors (Lipinski definition) is 1. The first kappa shape index (κ1) is 19.8. The second kappa shape index (κ2) is 8.88. The lowest BCUT2D eigenvalue weighted by molar-refractivity contribution is -0.121. The van der Waals surface area contributed by atoms with Gasteiger partial charge < -0.3 is 9.84 Å². The summed E-state index contributed by atoms with van der Waals surface area (Å²) in [5.74, 6) is 1.34. The van der Waals surface area contributed by atoms with Crippen molar-refractivity contribution in [1.82, 2.24) is 15.0 Å². The van der Waals surface area contributed by atoms with Crippen LogP contribution in [0.2, 0.25) is 0 Å². The highest BCUT2D eigenvalue weighted by atomic mass is 79.9. The molecule has 1 amide bonds. The van der Waals surface area contributed by atoms with Crippen LogP contribution in [0.5, 0.6) is 0 Å². The normalized spacial score (nSPS) is 15.4. The third-order valence-electron chi connectivity index (χ3n) is 5.21. The highest BCUT2D eigenvalue weighted by molar-refractivity contribution is 9.10. The molecule has 1 aliphatic rings. The number of nitrogens with one attached hydrogen (secondary N) is 1. The van der Waals surface area contributed by atoms with Crippen LogP contribution in [0.1, 0.15) is 24.3 Å². The molecule has 4 rings (SSSR count). The van der Waals surface area contributed by atoms with Crippen LogP contribution >= 0.6 is 15.9 Å². The maximum Gasteiger partial charge on any atom is 0.241 e. The van der Waals surface area contributed by atoms with Crippen molar-refractivity contribution in [2.45, 2.75) is 26.3 Å². The Morgan fingerprint density at radius 1 is 1.14 bits per heavy atom. The first-order chi connectivity index (χ1) is 14.1. The fourth-order valence-electron chi connectivity index (χ4n) is 3.46. The molecule has 0 spiro atoms. The van der Waals surface area contributed by atoms with E-state index in [1.165, 1.54) is 5.56 Å². The lowest BCUT2D eigenvalue weighted by atomic mass is 9.96. The molecule has 1 fully saturated rings. The van der Waals surface area contributed by atoms with Crippen molar-refractivity contribution in [3.63, 3.8) is 0 Å². The lowest BCUT2D eigenvalue weighted by Crippen LogP contribution is -2.37. The molecule has 1 aromatic heterocycles. The first-order valence-corrected chi connectivity index (χ1v) is 10.5. The molecule has 29 heavy (non-hydrogen) atoms. The van der Waals surface area contributed by atoms with E-state index in [2.05, 4.69) is 36.3 Å². The van der Waals surface area contributed by atoms with Gasteiger partial charge in [0.25, 0.3) is 0 Å². The Bertz CT molecular complexity index is 961. The van der Waals surface area contributed by atoms with E-state index >= 15 is 0 Å². The second-order valence-corrected chi connectivity index (χ2v) is 8.34. The number of halogens is 1. The summed E-state index contributed by atoms with van der Waals surface area (Å²) in [4.78, 5) is 19.3. The Morgan fingerprint density at radius 3 is 2.52 bits per heavy atom. The molecule has 6 nitrogen and oxygen atoms in total. The molecule has 2 heterocycles. The van der Waals surface area contributed by atoms with Gasteiger partial charge in [-0.25, -0.2) is 0 Å². The number of benzene rings is 2. The number of hydrogen-bond acceptors (Lipinski definition) is 5. The van der Waals surface area contributed by atoms with E-state index < -0.39 is 0 Å². The number of likely N-dealkylation sites (tertiary alicyclic amines) is 1. The number of aryl methyl sites for hydroxylation is 1. The van der Waals surface area contributed by atoms with Crippen LogP contribution in [0, 0.1) is 12.8 Å². The smallest absolute Gasteiger partial charge is 0.241 e. The number of carbonyl (C=O) groups is 1. The molecule has 1 N–H and O–H groups in total. The van der Waals surface area contributed by atoms with Gasteiger partial charge in [-0.2, -0.15) is 4.98 Å². The second-order valence-electron chi connectivity index (χ2n) is 7.42. The molecule has 1 aliphatic heterocycles. The van der Waals surface area contributed by atoms with Gasteiger partial charge in [0.05, 0.1) is 6.54 Å². The minimum Gasteiger partial charge on any atom is -0.338 e. The minimum atomic E-state index is 0.0284. The number of amides is 1. The molecule has 0 bridgehead atoms. The molecular weight excluding hydrogens is 432 g/mol. The Morgan fingerprint density at radius 2 is 1.83 bits per heavy atom. The standard InChI is InChI=1S/C22H23BrN4O2/c1-15-2-4-16(5-3-15)21-25-20(29-26-21)14-27-12-10-17(11-13-27)22(28)24-19-8-6-18(23)7-9-19/h2-9,17H,10-14H2,1H3,(H,24,28). The van der Waals surface area contributed by atoms with Gasteiger partial charge in [-0.1, -0.05) is 50.9 Å². The zero-order valence-electron chi connectivity index (χ0n) is 16.3. The van der Waals surface area contributed by atoms with Gasteiger partial charge in [-0.3, -0.25) is 9.69 Å². The third-order valence-corrected chi connectivity index (χ3v) is 5.74. The summed E-state index contributed by atoms with van der Waals surface area (Å²) in [6.07, 6.45) is 1.64. The van der Waals surface area contributed by atoms with E-state index in [0.717, 1.165) is 41.7 Å². The van der Waals surface area contributed by atoms with E-state index in [1.807, 2.05) is 55.5 Å². The molecular formula is C22H23BrN4O2. The summed E-state index contributed by atoms with van der Waals surface area (Å²) < 4.78 is 6.42. The van der Waals surface area contributed by atoms with E-state index in [4.69, 9.17) is 4.52 Å². The summed E-state index contributed by atoms with van der Waals surface area (Å²) in [5, 5.41) is 7.11. The topological polar surface area (TPSA) is 71.3 Å². The van der Waals surface area contributed by atoms with Gasteiger partial charge in [0.2, 0.25) is 17.6 Å². The predicted molar refractivity (Wildman–Crippen MR) is 115 cm³/mol. The molecule has 0 unspecified atom stereocenters. The Balaban J connectivity index is 1.28. The maximum atomic E-state index is 12.5. The van der Waals surface area contributed by atoms with Gasteiger partial charge in [0.15, 0.2) is 0 Å². The minimum absolute atomic E-state index is 0.0284. The molecule has 7 heteroatoms. The van der Waals surface area contributed by atoms with Crippen LogP contribution in [-0.2, 0) is 11.3 Å². The van der Waals surface area contributed by atoms with Gasteiger partial charge in [0, 0.05) is 21.6 Å². The number of aromatic nitrogens is 2. The third kappa shape index (κ3) is 5.10. The van der Waals surface area contributed by atoms with Crippen molar-refractivity contribution in [2.24, 2.45) is 5.92 Å². The van der Waals surface area contributed by atoms with E-state index in [0.29, 0.717) is 18.3 Å². The number of piperidine rings is 1. The van der Waals surface area contributed by atoms with E-state index in [-0.39, 0.29) is 11.8 Å². The molecule has 0 aliphatic carbocycles. The monoisotopic (exact) mass is 454 g/mol. The number of rotatable bonds is 5. The summed E-state index contributed by atoms with van der Waals surface area (Å²) in [5.41, 5.74) is 2.98. The van der Waals surface area contributed by atoms with Crippen molar-refractivity contribution in [1.29, 1.82) is 0 Å². The zero-order valence-corrected chi connectivity index (χ0v) is 17.9. The maximum absolute atomic E-state index is 12.5. The molecule has 1 saturated heterocycles. The number of carbonyl (C=O) groups excluding carboxylic acids is 1. The average molecular weight is 455 g/mol. The Kier molecular flexibility index (Phi) is 6.06. The van der Waals surface area contributed by atoms with Crippen LogP contribution < -0.4 is 5.32 Å². The SMILES string of the molecule is Cc1ccc(-c2noc(CN3CCC(C(=O)Nc4ccc(Br)cc4)CC3)n2)cc1. The van der Waals surface area contributed by atoms with Gasteiger partial charge >= 0.3 is 0 Å². The number of nitrogens with zero attached hydrogens (tertiary/aromatic N) is 3. The summed E-state index contributed by atoms with van der Waals surface area (Å²) in [6.45, 7) is 4.33. The van der Waals surface area contributed by atoms with Crippen LogP contribution in [-0.4, -0.2) is 34.0 Å². The van der Waals surface area contributed by atoms with Crippen molar-refractivity contribution in [3.05, 3.63) is 64.5 Å². The summed E-state index contributed by atoms with van der Waals surface area (Å²) >= 11 is 3.40. The fraction of sp³-hybridized carbons (Fsp3) is 0.318. The van der Waals surface area contributed by atoms with Gasteiger partial charge in [0.1, 0.15) is 0 Å². The van der Waals surface area contributed by atoms with Crippen LogP contribution in [0.25, 0.3) is 11.4 Å². The van der Waals surface area contributed by atoms with Crippen LogP contribution in [0.4, 0.5) is 5.69 Å². The van der Waals surface area contributed by atoms with Crippen molar-refractivity contribution in [3.8, 4) is 11.4 Å². The molecule has 0 saturated carbocycles.